The lowest BCUT2D eigenvalue weighted by Gasteiger charge is -2.35. The zero-order valence-electron chi connectivity index (χ0n) is 16.6. The molecule has 3 heterocycles. The van der Waals surface area contributed by atoms with Crippen LogP contribution in [-0.4, -0.2) is 50.2 Å². The van der Waals surface area contributed by atoms with Crippen molar-refractivity contribution in [3.8, 4) is 0 Å². The molecule has 1 saturated heterocycles. The van der Waals surface area contributed by atoms with Gasteiger partial charge in [0.1, 0.15) is 5.82 Å². The van der Waals surface area contributed by atoms with E-state index in [1.807, 2.05) is 0 Å². The second-order valence-electron chi connectivity index (χ2n) is 7.26. The zero-order chi connectivity index (χ0) is 21.4. The minimum Gasteiger partial charge on any atom is -0.340 e. The van der Waals surface area contributed by atoms with Crippen LogP contribution in [-0.2, 0) is 20.1 Å². The van der Waals surface area contributed by atoms with Gasteiger partial charge in [-0.3, -0.25) is 19.2 Å². The Hall–Kier alpha value is -2.91. The summed E-state index contributed by atoms with van der Waals surface area (Å²) < 4.78 is 17.2. The topological polar surface area (TPSA) is 79.2 Å². The van der Waals surface area contributed by atoms with Gasteiger partial charge in [-0.1, -0.05) is 23.7 Å². The number of halogens is 2. The highest BCUT2D eigenvalue weighted by atomic mass is 35.5. The molecule has 10 heteroatoms. The van der Waals surface area contributed by atoms with Gasteiger partial charge >= 0.3 is 5.69 Å². The molecule has 0 atom stereocenters. The lowest BCUT2D eigenvalue weighted by Crippen LogP contribution is -2.47. The molecule has 158 valence electrons. The predicted octanol–water partition coefficient (Wildman–Crippen LogP) is 1.72. The zero-order valence-corrected chi connectivity index (χ0v) is 17.3. The van der Waals surface area contributed by atoms with E-state index in [0.717, 1.165) is 0 Å². The van der Waals surface area contributed by atoms with Crippen molar-refractivity contribution in [2.45, 2.75) is 13.1 Å². The van der Waals surface area contributed by atoms with Gasteiger partial charge in [-0.25, -0.2) is 9.18 Å². The molecule has 3 aromatic rings. The van der Waals surface area contributed by atoms with Crippen molar-refractivity contribution in [2.75, 3.05) is 31.1 Å². The van der Waals surface area contributed by atoms with Crippen LogP contribution >= 0.6 is 11.6 Å². The van der Waals surface area contributed by atoms with Crippen LogP contribution in [0, 0.1) is 5.82 Å². The molecule has 1 N–H and O–H groups in total. The van der Waals surface area contributed by atoms with E-state index in [-0.39, 0.29) is 5.82 Å². The van der Waals surface area contributed by atoms with Crippen LogP contribution in [0.1, 0.15) is 5.56 Å². The average molecular weight is 433 g/mol. The van der Waals surface area contributed by atoms with Crippen LogP contribution in [0.25, 0.3) is 11.2 Å². The second kappa shape index (κ2) is 8.08. The number of H-pyrrole nitrogens is 1. The Labute approximate surface area is 176 Å². The van der Waals surface area contributed by atoms with Gasteiger partial charge in [0, 0.05) is 56.9 Å². The molecule has 1 aliphatic heterocycles. The summed E-state index contributed by atoms with van der Waals surface area (Å²) in [4.78, 5) is 35.5. The van der Waals surface area contributed by atoms with Crippen LogP contribution in [0.15, 0.2) is 40.4 Å². The molecule has 0 aliphatic carbocycles. The highest BCUT2D eigenvalue weighted by Crippen LogP contribution is 2.24. The molecule has 0 bridgehead atoms. The summed E-state index contributed by atoms with van der Waals surface area (Å²) in [7, 11) is 1.58. The van der Waals surface area contributed by atoms with Gasteiger partial charge in [-0.05, 0) is 12.1 Å². The number of anilines is 1. The Morgan fingerprint density at radius 3 is 2.67 bits per heavy atom. The maximum atomic E-state index is 14.1. The first-order valence-corrected chi connectivity index (χ1v) is 9.99. The van der Waals surface area contributed by atoms with E-state index in [2.05, 4.69) is 26.3 Å². The molecular formula is C20H22ClFN6O2. The maximum absolute atomic E-state index is 14.1. The van der Waals surface area contributed by atoms with E-state index in [0.29, 0.717) is 67.0 Å². The van der Waals surface area contributed by atoms with Crippen molar-refractivity contribution < 1.29 is 4.39 Å². The summed E-state index contributed by atoms with van der Waals surface area (Å²) in [6.07, 6.45) is 1.69. The Morgan fingerprint density at radius 2 is 2.00 bits per heavy atom. The number of benzene rings is 1. The Bertz CT molecular complexity index is 1200. The minimum absolute atomic E-state index is 0.308. The third-order valence-corrected chi connectivity index (χ3v) is 5.75. The lowest BCUT2D eigenvalue weighted by atomic mass is 10.2. The van der Waals surface area contributed by atoms with Crippen molar-refractivity contribution in [1.29, 1.82) is 0 Å². The van der Waals surface area contributed by atoms with E-state index in [4.69, 9.17) is 11.6 Å². The van der Waals surface area contributed by atoms with Crippen molar-refractivity contribution >= 4 is 28.7 Å². The number of hydrogen-bond acceptors (Lipinski definition) is 5. The van der Waals surface area contributed by atoms with Gasteiger partial charge < -0.3 is 9.47 Å². The molecule has 2 aromatic heterocycles. The third-order valence-electron chi connectivity index (χ3n) is 5.40. The maximum Gasteiger partial charge on any atom is 0.329 e. The van der Waals surface area contributed by atoms with Crippen molar-refractivity contribution in [1.82, 2.24) is 24.0 Å². The molecule has 4 rings (SSSR count). The normalized spacial score (nSPS) is 15.1. The van der Waals surface area contributed by atoms with Crippen LogP contribution in [0.5, 0.6) is 0 Å². The fourth-order valence-corrected chi connectivity index (χ4v) is 4.00. The number of fused-ring (bicyclic) bond motifs is 1. The predicted molar refractivity (Wildman–Crippen MR) is 115 cm³/mol. The van der Waals surface area contributed by atoms with Crippen molar-refractivity contribution in [3.05, 3.63) is 68.1 Å². The Morgan fingerprint density at radius 1 is 1.27 bits per heavy atom. The number of nitrogens with zero attached hydrogens (tertiary/aromatic N) is 5. The number of aromatic amines is 1. The first-order chi connectivity index (χ1) is 14.4. The van der Waals surface area contributed by atoms with E-state index in [1.165, 1.54) is 10.6 Å². The summed E-state index contributed by atoms with van der Waals surface area (Å²) in [6, 6.07) is 4.70. The van der Waals surface area contributed by atoms with Crippen molar-refractivity contribution in [3.63, 3.8) is 0 Å². The van der Waals surface area contributed by atoms with Gasteiger partial charge in [-0.2, -0.15) is 4.98 Å². The third kappa shape index (κ3) is 3.54. The van der Waals surface area contributed by atoms with Gasteiger partial charge in [-0.15, -0.1) is 6.58 Å². The fourth-order valence-electron chi connectivity index (χ4n) is 3.78. The monoisotopic (exact) mass is 432 g/mol. The Balaban J connectivity index is 1.60. The Kier molecular flexibility index (Phi) is 5.48. The summed E-state index contributed by atoms with van der Waals surface area (Å²) in [6.45, 7) is 7.21. The molecule has 1 aromatic carbocycles. The number of imidazole rings is 1. The van der Waals surface area contributed by atoms with Crippen LogP contribution < -0.4 is 16.1 Å². The summed E-state index contributed by atoms with van der Waals surface area (Å²) in [5, 5.41) is 0.422. The van der Waals surface area contributed by atoms with Gasteiger partial charge in [0.25, 0.3) is 5.56 Å². The van der Waals surface area contributed by atoms with Crippen molar-refractivity contribution in [2.24, 2.45) is 7.05 Å². The van der Waals surface area contributed by atoms with E-state index >= 15 is 0 Å². The smallest absolute Gasteiger partial charge is 0.329 e. The molecule has 8 nitrogen and oxygen atoms in total. The fraction of sp³-hybridized carbons (Fsp3) is 0.350. The number of hydrogen-bond donors (Lipinski definition) is 1. The first kappa shape index (κ1) is 20.4. The second-order valence-corrected chi connectivity index (χ2v) is 7.67. The standard InChI is InChI=1S/C20H22ClFN6O2/c1-3-7-28-16-17(25(2)20(30)24-18(16)29)23-19(28)27-10-8-26(9-11-27)12-13-14(21)5-4-6-15(13)22/h3-6H,1,7-12H2,2H3,(H,24,29,30). The molecule has 1 fully saturated rings. The van der Waals surface area contributed by atoms with Gasteiger partial charge in [0.05, 0.1) is 0 Å². The molecule has 0 spiro atoms. The SMILES string of the molecule is C=CCn1c(N2CCN(Cc3c(F)cccc3Cl)CC2)nc2c1c(=O)[nH]c(=O)n2C. The molecular weight excluding hydrogens is 411 g/mol. The number of nitrogens with one attached hydrogen (secondary N) is 1. The van der Waals surface area contributed by atoms with Crippen LogP contribution in [0.2, 0.25) is 5.02 Å². The lowest BCUT2D eigenvalue weighted by molar-refractivity contribution is 0.245. The largest absolute Gasteiger partial charge is 0.340 e. The van der Waals surface area contributed by atoms with Gasteiger partial charge in [0.2, 0.25) is 5.95 Å². The minimum atomic E-state index is -0.506. The molecule has 1 aliphatic rings. The number of aryl methyl sites for hydroxylation is 1. The molecule has 0 unspecified atom stereocenters. The summed E-state index contributed by atoms with van der Waals surface area (Å²) in [5.41, 5.74) is 0.192. The highest BCUT2D eigenvalue weighted by Gasteiger charge is 2.25. The highest BCUT2D eigenvalue weighted by molar-refractivity contribution is 6.31. The molecule has 30 heavy (non-hydrogen) atoms. The molecule has 0 radical (unpaired) electrons. The summed E-state index contributed by atoms with van der Waals surface area (Å²) >= 11 is 6.16. The van der Waals surface area contributed by atoms with Crippen LogP contribution in [0.4, 0.5) is 10.3 Å². The number of aromatic nitrogens is 4. The number of piperazine rings is 1. The number of rotatable bonds is 5. The van der Waals surface area contributed by atoms with E-state index in [9.17, 15) is 14.0 Å². The van der Waals surface area contributed by atoms with Crippen LogP contribution in [0.3, 0.4) is 0 Å². The van der Waals surface area contributed by atoms with E-state index in [1.54, 1.807) is 29.8 Å². The van der Waals surface area contributed by atoms with E-state index < -0.39 is 11.2 Å². The molecule has 0 amide bonds. The summed E-state index contributed by atoms with van der Waals surface area (Å²) in [5.74, 6) is 0.304. The number of allylic oxidation sites excluding steroid dienone is 1. The first-order valence-electron chi connectivity index (χ1n) is 9.61. The van der Waals surface area contributed by atoms with Gasteiger partial charge in [0.15, 0.2) is 11.2 Å². The molecule has 0 saturated carbocycles. The average Bonchev–Trinajstić information content (AvgIpc) is 3.10. The quantitative estimate of drug-likeness (QED) is 0.621.